The summed E-state index contributed by atoms with van der Waals surface area (Å²) in [5.41, 5.74) is -0.767. The number of nitrogens with zero attached hydrogens (tertiary/aromatic N) is 4. The first-order valence-corrected chi connectivity index (χ1v) is 9.58. The normalized spacial score (nSPS) is 18.1. The molecule has 1 fully saturated rings. The Balaban J connectivity index is 1.89. The van der Waals surface area contributed by atoms with Crippen LogP contribution < -0.4 is 0 Å². The van der Waals surface area contributed by atoms with Crippen LogP contribution in [-0.4, -0.2) is 64.1 Å². The Bertz CT molecular complexity index is 933. The number of halogens is 2. The summed E-state index contributed by atoms with van der Waals surface area (Å²) in [5, 5.41) is 9.30. The highest BCUT2D eigenvalue weighted by atomic mass is 35.5. The molecule has 1 aromatic heterocycles. The lowest BCUT2D eigenvalue weighted by Gasteiger charge is -2.45. The van der Waals surface area contributed by atoms with Crippen LogP contribution in [0.15, 0.2) is 29.3 Å². The van der Waals surface area contributed by atoms with Gasteiger partial charge >= 0.3 is 0 Å². The van der Waals surface area contributed by atoms with E-state index in [0.29, 0.717) is 0 Å². The van der Waals surface area contributed by atoms with Gasteiger partial charge in [-0.05, 0) is 26.0 Å². The van der Waals surface area contributed by atoms with Crippen LogP contribution in [0.3, 0.4) is 0 Å². The highest BCUT2D eigenvalue weighted by Crippen LogP contribution is 2.33. The predicted octanol–water partition coefficient (Wildman–Crippen LogP) is 1.52. The maximum absolute atomic E-state index is 13.7. The second-order valence-electron chi connectivity index (χ2n) is 6.52. The van der Waals surface area contributed by atoms with E-state index in [-0.39, 0.29) is 36.1 Å². The van der Waals surface area contributed by atoms with Crippen LogP contribution in [0.4, 0.5) is 4.39 Å². The molecule has 26 heavy (non-hydrogen) atoms. The van der Waals surface area contributed by atoms with Crippen molar-refractivity contribution in [1.82, 2.24) is 24.6 Å². The van der Waals surface area contributed by atoms with Gasteiger partial charge in [0.25, 0.3) is 5.91 Å². The van der Waals surface area contributed by atoms with Gasteiger partial charge in [0.2, 0.25) is 10.0 Å². The van der Waals surface area contributed by atoms with Crippen molar-refractivity contribution in [1.29, 1.82) is 0 Å². The number of piperazine rings is 1. The Labute approximate surface area is 155 Å². The number of hydrogen-bond acceptors (Lipinski definition) is 5. The zero-order valence-corrected chi connectivity index (χ0v) is 15.7. The van der Waals surface area contributed by atoms with E-state index >= 15 is 0 Å². The lowest BCUT2D eigenvalue weighted by Crippen LogP contribution is -2.61. The van der Waals surface area contributed by atoms with Crippen LogP contribution in [-0.2, 0) is 10.0 Å². The van der Waals surface area contributed by atoms with Crippen LogP contribution >= 0.6 is 11.6 Å². The number of hydrogen-bond donors (Lipinski definition) is 1. The third-order valence-electron chi connectivity index (χ3n) is 4.23. The van der Waals surface area contributed by atoms with Gasteiger partial charge in [-0.25, -0.2) is 12.8 Å². The van der Waals surface area contributed by atoms with Gasteiger partial charge in [-0.1, -0.05) is 17.7 Å². The van der Waals surface area contributed by atoms with Crippen molar-refractivity contribution >= 4 is 27.5 Å². The van der Waals surface area contributed by atoms with E-state index in [1.807, 2.05) is 0 Å². The summed E-state index contributed by atoms with van der Waals surface area (Å²) < 4.78 is 41.0. The number of carbonyl (C=O) groups is 1. The third-order valence-corrected chi connectivity index (χ3v) is 6.88. The van der Waals surface area contributed by atoms with Crippen LogP contribution in [0, 0.1) is 5.82 Å². The molecule has 0 bridgehead atoms. The number of H-pyrrole nitrogens is 1. The van der Waals surface area contributed by atoms with E-state index < -0.39 is 26.4 Å². The highest BCUT2D eigenvalue weighted by Gasteiger charge is 2.44. The van der Waals surface area contributed by atoms with Crippen LogP contribution in [0.25, 0.3) is 0 Å². The number of carbonyl (C=O) groups excluding carboxylic acids is 1. The summed E-state index contributed by atoms with van der Waals surface area (Å²) in [5.74, 6) is -1.14. The first-order valence-electron chi connectivity index (χ1n) is 7.76. The molecule has 1 aromatic carbocycles. The lowest BCUT2D eigenvalue weighted by molar-refractivity contribution is 0.0489. The SMILES string of the molecule is CC1(C)CN(C(=O)c2cn[nH]n2)CCN1S(=O)(=O)c1cccc(F)c1Cl. The standard InChI is InChI=1S/C15H17ClFN5O3S/c1-15(2)9-21(14(23)11-8-18-20-19-11)6-7-22(15)26(24,25)12-5-3-4-10(17)13(12)16/h3-5,8H,6-7,9H2,1-2H3,(H,18,19,20). The molecule has 8 nitrogen and oxygen atoms in total. The molecule has 2 aromatic rings. The largest absolute Gasteiger partial charge is 0.334 e. The molecule has 0 saturated carbocycles. The van der Waals surface area contributed by atoms with Crippen molar-refractivity contribution in [3.05, 3.63) is 40.9 Å². The Morgan fingerprint density at radius 1 is 1.35 bits per heavy atom. The molecule has 2 heterocycles. The van der Waals surface area contributed by atoms with Gasteiger partial charge in [-0.2, -0.15) is 19.7 Å². The first-order chi connectivity index (χ1) is 12.1. The Hall–Kier alpha value is -2.04. The highest BCUT2D eigenvalue weighted by molar-refractivity contribution is 7.89. The van der Waals surface area contributed by atoms with Crippen molar-refractivity contribution < 1.29 is 17.6 Å². The predicted molar refractivity (Wildman–Crippen MR) is 91.7 cm³/mol. The molecule has 1 aliphatic heterocycles. The van der Waals surface area contributed by atoms with Crippen molar-refractivity contribution in [2.75, 3.05) is 19.6 Å². The fourth-order valence-corrected chi connectivity index (χ4v) is 5.29. The van der Waals surface area contributed by atoms with Gasteiger partial charge in [0.1, 0.15) is 10.7 Å². The Morgan fingerprint density at radius 3 is 2.69 bits per heavy atom. The second kappa shape index (κ2) is 6.60. The summed E-state index contributed by atoms with van der Waals surface area (Å²) in [7, 11) is -4.04. The minimum atomic E-state index is -4.04. The van der Waals surface area contributed by atoms with E-state index in [4.69, 9.17) is 11.6 Å². The summed E-state index contributed by atoms with van der Waals surface area (Å²) in [4.78, 5) is 13.7. The summed E-state index contributed by atoms with van der Waals surface area (Å²) in [6.45, 7) is 3.75. The molecular weight excluding hydrogens is 385 g/mol. The smallest absolute Gasteiger partial charge is 0.276 e. The summed E-state index contributed by atoms with van der Waals surface area (Å²) >= 11 is 5.87. The van der Waals surface area contributed by atoms with Crippen LogP contribution in [0.1, 0.15) is 24.3 Å². The minimum absolute atomic E-state index is 0.0474. The number of aromatic nitrogens is 3. The molecule has 1 N–H and O–H groups in total. The van der Waals surface area contributed by atoms with Crippen molar-refractivity contribution in [3.63, 3.8) is 0 Å². The first kappa shape index (κ1) is 18.7. The molecule has 0 aliphatic carbocycles. The molecule has 3 rings (SSSR count). The van der Waals surface area contributed by atoms with E-state index in [0.717, 1.165) is 6.07 Å². The zero-order chi connectivity index (χ0) is 19.1. The average Bonchev–Trinajstić information content (AvgIpc) is 3.09. The van der Waals surface area contributed by atoms with Gasteiger partial charge in [0, 0.05) is 25.2 Å². The van der Waals surface area contributed by atoms with E-state index in [9.17, 15) is 17.6 Å². The quantitative estimate of drug-likeness (QED) is 0.840. The Morgan fingerprint density at radius 2 is 2.08 bits per heavy atom. The van der Waals surface area contributed by atoms with Gasteiger partial charge in [0.05, 0.1) is 11.2 Å². The number of benzene rings is 1. The van der Waals surface area contributed by atoms with E-state index in [1.54, 1.807) is 13.8 Å². The maximum Gasteiger partial charge on any atom is 0.276 e. The Kier molecular flexibility index (Phi) is 4.76. The molecule has 1 amide bonds. The molecule has 11 heteroatoms. The number of sulfonamides is 1. The molecule has 1 saturated heterocycles. The van der Waals surface area contributed by atoms with Crippen molar-refractivity contribution in [2.45, 2.75) is 24.3 Å². The number of rotatable bonds is 3. The molecule has 1 aliphatic rings. The molecule has 0 atom stereocenters. The number of nitrogens with one attached hydrogen (secondary N) is 1. The molecular formula is C15H17ClFN5O3S. The minimum Gasteiger partial charge on any atom is -0.334 e. The lowest BCUT2D eigenvalue weighted by atomic mass is 10.0. The summed E-state index contributed by atoms with van der Waals surface area (Å²) in [6.07, 6.45) is 1.31. The monoisotopic (exact) mass is 401 g/mol. The number of aromatic amines is 1. The van der Waals surface area contributed by atoms with Crippen LogP contribution in [0.2, 0.25) is 5.02 Å². The topological polar surface area (TPSA) is 99.3 Å². The van der Waals surface area contributed by atoms with E-state index in [1.165, 1.54) is 27.5 Å². The molecule has 140 valence electrons. The average molecular weight is 402 g/mol. The molecule has 0 unspecified atom stereocenters. The fourth-order valence-electron chi connectivity index (χ4n) is 3.03. The van der Waals surface area contributed by atoms with E-state index in [2.05, 4.69) is 15.4 Å². The number of amides is 1. The van der Waals surface area contributed by atoms with Gasteiger partial charge in [-0.3, -0.25) is 4.79 Å². The maximum atomic E-state index is 13.7. The van der Waals surface area contributed by atoms with Crippen molar-refractivity contribution in [2.24, 2.45) is 0 Å². The second-order valence-corrected chi connectivity index (χ2v) is 8.73. The van der Waals surface area contributed by atoms with Crippen LogP contribution in [0.5, 0.6) is 0 Å². The molecule has 0 spiro atoms. The summed E-state index contributed by atoms with van der Waals surface area (Å²) in [6, 6.07) is 3.66. The van der Waals surface area contributed by atoms with Crippen molar-refractivity contribution in [3.8, 4) is 0 Å². The third kappa shape index (κ3) is 3.19. The zero-order valence-electron chi connectivity index (χ0n) is 14.1. The van der Waals surface area contributed by atoms with Gasteiger partial charge in [0.15, 0.2) is 5.69 Å². The molecule has 0 radical (unpaired) electrons. The fraction of sp³-hybridized carbons (Fsp3) is 0.400. The van der Waals surface area contributed by atoms with Gasteiger partial charge < -0.3 is 4.90 Å². The van der Waals surface area contributed by atoms with Gasteiger partial charge in [-0.15, -0.1) is 0 Å².